The zero-order valence-electron chi connectivity index (χ0n) is 10.4. The first-order valence-electron chi connectivity index (χ1n) is 5.66. The van der Waals surface area contributed by atoms with Crippen molar-refractivity contribution in [1.82, 2.24) is 10.1 Å². The van der Waals surface area contributed by atoms with E-state index in [9.17, 15) is 0 Å². The minimum absolute atomic E-state index is 0.109. The second-order valence-corrected chi connectivity index (χ2v) is 4.37. The summed E-state index contributed by atoms with van der Waals surface area (Å²) in [7, 11) is 1.66. The number of aromatic nitrogens is 2. The van der Waals surface area contributed by atoms with Gasteiger partial charge in [-0.2, -0.15) is 4.98 Å². The number of hydrogen-bond donors (Lipinski definition) is 1. The lowest BCUT2D eigenvalue weighted by Gasteiger charge is -2.14. The Bertz CT molecular complexity index is 312. The number of nitrogens with two attached hydrogens (primary N) is 1. The van der Waals surface area contributed by atoms with Crippen LogP contribution in [0.1, 0.15) is 50.9 Å². The average molecular weight is 227 g/mol. The molecule has 1 aromatic heterocycles. The van der Waals surface area contributed by atoms with Gasteiger partial charge in [-0.25, -0.2) is 0 Å². The van der Waals surface area contributed by atoms with Crippen LogP contribution in [-0.4, -0.2) is 23.8 Å². The van der Waals surface area contributed by atoms with Crippen molar-refractivity contribution < 1.29 is 9.26 Å². The molecule has 0 aliphatic rings. The molecule has 0 aliphatic carbocycles. The van der Waals surface area contributed by atoms with E-state index in [1.807, 2.05) is 6.92 Å². The van der Waals surface area contributed by atoms with Crippen LogP contribution in [0.5, 0.6) is 0 Å². The molecule has 1 rings (SSSR count). The van der Waals surface area contributed by atoms with Gasteiger partial charge >= 0.3 is 0 Å². The van der Waals surface area contributed by atoms with E-state index in [1.165, 1.54) is 0 Å². The highest BCUT2D eigenvalue weighted by molar-refractivity contribution is 4.96. The van der Waals surface area contributed by atoms with Gasteiger partial charge in [0.2, 0.25) is 11.7 Å². The first kappa shape index (κ1) is 13.1. The highest BCUT2D eigenvalue weighted by Gasteiger charge is 2.22. The molecule has 0 aliphatic heterocycles. The fourth-order valence-electron chi connectivity index (χ4n) is 1.61. The molecule has 5 nitrogen and oxygen atoms in total. The van der Waals surface area contributed by atoms with Crippen molar-refractivity contribution in [2.45, 2.75) is 39.2 Å². The van der Waals surface area contributed by atoms with E-state index in [1.54, 1.807) is 7.11 Å². The Morgan fingerprint density at radius 3 is 2.56 bits per heavy atom. The summed E-state index contributed by atoms with van der Waals surface area (Å²) in [6.07, 6.45) is 0.739. The molecular weight excluding hydrogens is 206 g/mol. The first-order chi connectivity index (χ1) is 7.60. The van der Waals surface area contributed by atoms with Crippen molar-refractivity contribution in [1.29, 1.82) is 0 Å². The summed E-state index contributed by atoms with van der Waals surface area (Å²) in [4.78, 5) is 4.36. The van der Waals surface area contributed by atoms with E-state index in [0.29, 0.717) is 24.2 Å². The SMILES string of the molecule is COC(c1noc(C(C)CCN)n1)C(C)C. The van der Waals surface area contributed by atoms with Crippen molar-refractivity contribution in [3.63, 3.8) is 0 Å². The van der Waals surface area contributed by atoms with E-state index < -0.39 is 0 Å². The molecule has 92 valence electrons. The van der Waals surface area contributed by atoms with Crippen LogP contribution < -0.4 is 5.73 Å². The lowest BCUT2D eigenvalue weighted by molar-refractivity contribution is 0.0555. The summed E-state index contributed by atoms with van der Waals surface area (Å²) in [5.41, 5.74) is 5.49. The van der Waals surface area contributed by atoms with Crippen LogP contribution in [-0.2, 0) is 4.74 Å². The molecule has 0 saturated heterocycles. The molecule has 2 N–H and O–H groups in total. The molecule has 16 heavy (non-hydrogen) atoms. The average Bonchev–Trinajstić information content (AvgIpc) is 2.68. The van der Waals surface area contributed by atoms with E-state index in [-0.39, 0.29) is 12.0 Å². The maximum atomic E-state index is 5.49. The Labute approximate surface area is 96.4 Å². The number of rotatable bonds is 6. The van der Waals surface area contributed by atoms with E-state index in [4.69, 9.17) is 15.0 Å². The smallest absolute Gasteiger partial charge is 0.229 e. The third kappa shape index (κ3) is 3.02. The quantitative estimate of drug-likeness (QED) is 0.803. The highest BCUT2D eigenvalue weighted by Crippen LogP contribution is 2.24. The van der Waals surface area contributed by atoms with E-state index >= 15 is 0 Å². The van der Waals surface area contributed by atoms with Crippen molar-refractivity contribution in [3.8, 4) is 0 Å². The van der Waals surface area contributed by atoms with Crippen LogP contribution in [0.15, 0.2) is 4.52 Å². The standard InChI is InChI=1S/C11H21N3O2/c1-7(2)9(15-4)10-13-11(16-14-10)8(3)5-6-12/h7-9H,5-6,12H2,1-4H3. The first-order valence-corrected chi connectivity index (χ1v) is 5.66. The van der Waals surface area contributed by atoms with Gasteiger partial charge in [0, 0.05) is 13.0 Å². The molecule has 0 amide bonds. The van der Waals surface area contributed by atoms with Crippen molar-refractivity contribution in [2.75, 3.05) is 13.7 Å². The van der Waals surface area contributed by atoms with Crippen LogP contribution in [0.25, 0.3) is 0 Å². The molecule has 0 spiro atoms. The predicted octanol–water partition coefficient (Wildman–Crippen LogP) is 1.87. The van der Waals surface area contributed by atoms with Gasteiger partial charge in [-0.3, -0.25) is 0 Å². The molecule has 2 unspecified atom stereocenters. The Balaban J connectivity index is 2.77. The number of ether oxygens (including phenoxy) is 1. The summed E-state index contributed by atoms with van der Waals surface area (Å²) < 4.78 is 10.6. The van der Waals surface area contributed by atoms with E-state index in [0.717, 1.165) is 6.42 Å². The molecule has 2 atom stereocenters. The summed E-state index contributed by atoms with van der Waals surface area (Å²) >= 11 is 0. The normalized spacial score (nSPS) is 15.4. The number of methoxy groups -OCH3 is 1. The zero-order chi connectivity index (χ0) is 12.1. The molecule has 0 bridgehead atoms. The maximum absolute atomic E-state index is 5.49. The topological polar surface area (TPSA) is 74.2 Å². The van der Waals surface area contributed by atoms with Crippen LogP contribution >= 0.6 is 0 Å². The second kappa shape index (κ2) is 5.96. The van der Waals surface area contributed by atoms with Crippen LogP contribution in [0.3, 0.4) is 0 Å². The molecule has 1 heterocycles. The summed E-state index contributed by atoms with van der Waals surface area (Å²) in [5.74, 6) is 1.79. The van der Waals surface area contributed by atoms with Crippen molar-refractivity contribution in [2.24, 2.45) is 11.7 Å². The Hall–Kier alpha value is -0.940. The Morgan fingerprint density at radius 1 is 1.38 bits per heavy atom. The highest BCUT2D eigenvalue weighted by atomic mass is 16.5. The van der Waals surface area contributed by atoms with Gasteiger partial charge in [-0.1, -0.05) is 25.9 Å². The lowest BCUT2D eigenvalue weighted by Crippen LogP contribution is -2.11. The van der Waals surface area contributed by atoms with Crippen molar-refractivity contribution >= 4 is 0 Å². The monoisotopic (exact) mass is 227 g/mol. The van der Waals surface area contributed by atoms with Crippen LogP contribution in [0, 0.1) is 5.92 Å². The molecule has 0 saturated carbocycles. The molecule has 0 fully saturated rings. The van der Waals surface area contributed by atoms with Gasteiger partial charge in [0.15, 0.2) is 0 Å². The van der Waals surface area contributed by atoms with Gasteiger partial charge < -0.3 is 15.0 Å². The summed E-state index contributed by atoms with van der Waals surface area (Å²) in [5, 5.41) is 3.96. The fraction of sp³-hybridized carbons (Fsp3) is 0.818. The molecule has 0 radical (unpaired) electrons. The second-order valence-electron chi connectivity index (χ2n) is 4.37. The van der Waals surface area contributed by atoms with Gasteiger partial charge in [-0.15, -0.1) is 0 Å². The number of hydrogen-bond acceptors (Lipinski definition) is 5. The Kier molecular flexibility index (Phi) is 4.89. The third-order valence-corrected chi connectivity index (χ3v) is 2.59. The zero-order valence-corrected chi connectivity index (χ0v) is 10.4. The fourth-order valence-corrected chi connectivity index (χ4v) is 1.61. The minimum atomic E-state index is -0.109. The van der Waals surface area contributed by atoms with Gasteiger partial charge in [0.05, 0.1) is 0 Å². The van der Waals surface area contributed by atoms with E-state index in [2.05, 4.69) is 24.0 Å². The maximum Gasteiger partial charge on any atom is 0.229 e. The molecule has 1 aromatic rings. The van der Waals surface area contributed by atoms with Crippen LogP contribution in [0.4, 0.5) is 0 Å². The van der Waals surface area contributed by atoms with Gasteiger partial charge in [0.25, 0.3) is 0 Å². The largest absolute Gasteiger partial charge is 0.373 e. The molecule has 0 aromatic carbocycles. The van der Waals surface area contributed by atoms with Crippen molar-refractivity contribution in [3.05, 3.63) is 11.7 Å². The lowest BCUT2D eigenvalue weighted by atomic mass is 10.1. The van der Waals surface area contributed by atoms with Gasteiger partial charge in [0.1, 0.15) is 6.10 Å². The summed E-state index contributed by atoms with van der Waals surface area (Å²) in [6.45, 7) is 6.78. The predicted molar refractivity (Wildman–Crippen MR) is 61.0 cm³/mol. The third-order valence-electron chi connectivity index (χ3n) is 2.59. The number of nitrogens with zero attached hydrogens (tertiary/aromatic N) is 2. The minimum Gasteiger partial charge on any atom is -0.373 e. The Morgan fingerprint density at radius 2 is 2.06 bits per heavy atom. The van der Waals surface area contributed by atoms with Gasteiger partial charge in [-0.05, 0) is 18.9 Å². The molecular formula is C11H21N3O2. The summed E-state index contributed by atoms with van der Waals surface area (Å²) in [6, 6.07) is 0. The van der Waals surface area contributed by atoms with Crippen LogP contribution in [0.2, 0.25) is 0 Å². The molecule has 5 heteroatoms.